The number of β-amino-alcohol motifs (C(OH)–C–C–N with tert-alkyl or cyclic N) is 1. The van der Waals surface area contributed by atoms with E-state index < -0.39 is 32.3 Å². The molecular weight excluding hydrogens is 2290 g/mol. The molecule has 1 amide bonds. The Balaban J connectivity index is 0.000000165. The molecule has 13 aromatic rings. The van der Waals surface area contributed by atoms with Gasteiger partial charge in [-0.3, -0.25) is 14.4 Å². The van der Waals surface area contributed by atoms with Crippen LogP contribution in [0.25, 0.3) is 0 Å². The van der Waals surface area contributed by atoms with E-state index in [1.807, 2.05) is 266 Å². The van der Waals surface area contributed by atoms with Crippen LogP contribution in [-0.4, -0.2) is 155 Å². The van der Waals surface area contributed by atoms with Gasteiger partial charge in [0.05, 0.1) is 63.9 Å². The number of amides is 1. The van der Waals surface area contributed by atoms with Crippen molar-refractivity contribution >= 4 is 160 Å². The predicted octanol–water partition coefficient (Wildman–Crippen LogP) is 26.1. The van der Waals surface area contributed by atoms with Crippen molar-refractivity contribution in [2.75, 3.05) is 52.4 Å². The highest BCUT2D eigenvalue weighted by Crippen LogP contribution is 2.36. The van der Waals surface area contributed by atoms with E-state index in [0.29, 0.717) is 78.5 Å². The second-order valence-electron chi connectivity index (χ2n) is 30.5. The Bertz CT molecular complexity index is 5890. The van der Waals surface area contributed by atoms with E-state index in [9.17, 15) is 37.0 Å². The Hall–Kier alpha value is -9.91. The highest BCUT2D eigenvalue weighted by molar-refractivity contribution is 9.11. The monoisotopic (exact) mass is 2370 g/mol. The van der Waals surface area contributed by atoms with Crippen LogP contribution in [0.3, 0.4) is 0 Å². The molecule has 712 valence electrons. The molecule has 0 saturated carbocycles. The van der Waals surface area contributed by atoms with Crippen molar-refractivity contribution in [1.82, 2.24) is 19.4 Å². The summed E-state index contributed by atoms with van der Waals surface area (Å²) < 4.78 is 107. The number of carbonyl (C=O) groups excluding carboxylic acids is 3. The van der Waals surface area contributed by atoms with E-state index in [4.69, 9.17) is 63.1 Å². The van der Waals surface area contributed by atoms with Crippen LogP contribution in [-0.2, 0) is 50.8 Å². The third kappa shape index (κ3) is 37.3. The Labute approximate surface area is 860 Å². The van der Waals surface area contributed by atoms with Crippen molar-refractivity contribution in [1.29, 1.82) is 5.26 Å². The Morgan fingerprint density at radius 2 is 0.657 bits per heavy atom. The first-order valence-electron chi connectivity index (χ1n) is 42.5. The molecule has 13 aromatic carbocycles. The Morgan fingerprint density at radius 3 is 0.912 bits per heavy atom. The van der Waals surface area contributed by atoms with Gasteiger partial charge in [0.15, 0.2) is 18.8 Å². The van der Waals surface area contributed by atoms with Gasteiger partial charge in [0, 0.05) is 87.0 Å². The largest absolute Gasteiger partial charge is 0.471 e. The van der Waals surface area contributed by atoms with E-state index in [-0.39, 0.29) is 50.4 Å². The van der Waals surface area contributed by atoms with Crippen LogP contribution >= 0.6 is 127 Å². The number of hydrogen-bond acceptors (Lipinski definition) is 20. The first-order chi connectivity index (χ1) is 66.0. The van der Waals surface area contributed by atoms with E-state index in [1.54, 1.807) is 53.7 Å². The topological polar surface area (TPSA) is 252 Å². The fourth-order valence-electron chi connectivity index (χ4n) is 12.4. The van der Waals surface area contributed by atoms with Gasteiger partial charge in [-0.25, -0.2) is 4.39 Å². The number of aliphatic hydroxyl groups is 2. The van der Waals surface area contributed by atoms with Crippen molar-refractivity contribution in [2.24, 2.45) is 0 Å². The lowest BCUT2D eigenvalue weighted by atomic mass is 9.81. The van der Waals surface area contributed by atoms with Crippen LogP contribution in [0.2, 0.25) is 13.6 Å². The molecule has 0 aromatic heterocycles. The SMILES string of the molecule is BrCc1ccc(Oc2ccccc2)cc1Br.CB(O)N1CC(O)C1.CB(O)N1CC(OCc2ccc(Oc3ccccc3)cc2Br)C1.N#CN1CC(OCc2ccc(Oc3ccccc3)cc2Br)C1.O=C(N1CC(OCc2ccc(Oc3ccccc3)cc2Br)C1)C(F)(F)F.O=Cc1ccc(F)cc1Br.O=Cc1ccc(Oc2ccccc2)cc1Br.OCc1ccc(Oc2ccccc2)cc1Br. The molecule has 137 heavy (non-hydrogen) atoms. The summed E-state index contributed by atoms with van der Waals surface area (Å²) in [4.78, 5) is 38.0. The molecule has 4 heterocycles. The molecule has 4 fully saturated rings. The number of aliphatic hydroxyl groups excluding tert-OH is 2. The highest BCUT2D eigenvalue weighted by Gasteiger charge is 2.47. The van der Waals surface area contributed by atoms with Crippen LogP contribution in [0.5, 0.6) is 69.0 Å². The van der Waals surface area contributed by atoms with Crippen LogP contribution < -0.4 is 28.4 Å². The fourth-order valence-corrected chi connectivity index (χ4v) is 16.5. The average molecular weight is 2380 g/mol. The summed E-state index contributed by atoms with van der Waals surface area (Å²) >= 11 is 27.2. The smallest absolute Gasteiger partial charge is 0.457 e. The molecule has 0 atom stereocenters. The summed E-state index contributed by atoms with van der Waals surface area (Å²) in [6.45, 7) is 8.87. The number of alkyl halides is 4. The van der Waals surface area contributed by atoms with Gasteiger partial charge in [0.2, 0.25) is 0 Å². The minimum Gasteiger partial charge on any atom is -0.457 e. The van der Waals surface area contributed by atoms with Crippen molar-refractivity contribution in [3.05, 3.63) is 385 Å². The molecule has 0 radical (unpaired) electrons. The van der Waals surface area contributed by atoms with Gasteiger partial charge in [-0.2, -0.15) is 18.4 Å². The number of likely N-dealkylation sites (tertiary alicyclic amines) is 2. The summed E-state index contributed by atoms with van der Waals surface area (Å²) in [5, 5.41) is 45.5. The first-order valence-corrected chi connectivity index (χ1v) is 49.2. The molecule has 17 rings (SSSR count). The quantitative estimate of drug-likeness (QED) is 0.0123. The van der Waals surface area contributed by atoms with E-state index in [0.717, 1.165) is 130 Å². The number of nitrogens with zero attached hydrogens (tertiary/aromatic N) is 5. The predicted molar refractivity (Wildman–Crippen MR) is 550 cm³/mol. The van der Waals surface area contributed by atoms with E-state index >= 15 is 0 Å². The molecule has 0 unspecified atom stereocenters. The number of halogens is 12. The second-order valence-corrected chi connectivity index (χ2v) is 37.0. The van der Waals surface area contributed by atoms with Gasteiger partial charge in [-0.1, -0.05) is 235 Å². The van der Waals surface area contributed by atoms with Crippen LogP contribution in [0.15, 0.2) is 341 Å². The molecule has 35 heteroatoms. The van der Waals surface area contributed by atoms with Crippen molar-refractivity contribution in [2.45, 2.75) is 76.0 Å². The molecule has 4 N–H and O–H groups in total. The second kappa shape index (κ2) is 57.0. The van der Waals surface area contributed by atoms with E-state index in [1.165, 1.54) is 23.8 Å². The summed E-state index contributed by atoms with van der Waals surface area (Å²) in [5.74, 6) is 7.09. The molecule has 21 nitrogen and oxygen atoms in total. The minimum atomic E-state index is -4.83. The molecule has 4 saturated heterocycles. The minimum absolute atomic E-state index is 0.0200. The molecular formula is C102H93B2Br8F4N5O16. The molecule has 0 spiro atoms. The number of para-hydroxylation sites is 6. The number of benzene rings is 13. The maximum absolute atomic E-state index is 12.3. The van der Waals surface area contributed by atoms with Gasteiger partial charge >= 0.3 is 26.2 Å². The number of rotatable bonds is 27. The van der Waals surface area contributed by atoms with Gasteiger partial charge < -0.3 is 82.3 Å². The van der Waals surface area contributed by atoms with Crippen molar-refractivity contribution < 1.29 is 94.8 Å². The lowest BCUT2D eigenvalue weighted by Crippen LogP contribution is -2.58. The van der Waals surface area contributed by atoms with Gasteiger partial charge in [-0.15, -0.1) is 0 Å². The fraction of sp³-hybridized carbons (Fsp3) is 0.196. The number of carbonyl (C=O) groups is 3. The molecule has 4 aliphatic rings. The van der Waals surface area contributed by atoms with Gasteiger partial charge in [0.25, 0.3) is 0 Å². The average Bonchev–Trinajstić information content (AvgIpc) is 0.787. The van der Waals surface area contributed by atoms with Gasteiger partial charge in [0.1, 0.15) is 74.8 Å². The normalized spacial score (nSPS) is 13.2. The third-order valence-corrected chi connectivity index (χ3v) is 25.8. The summed E-state index contributed by atoms with van der Waals surface area (Å²) in [5.41, 5.74) is 6.12. The van der Waals surface area contributed by atoms with Crippen molar-refractivity contribution in [3.63, 3.8) is 0 Å². The molecule has 0 aliphatic carbocycles. The highest BCUT2D eigenvalue weighted by atomic mass is 79.9. The van der Waals surface area contributed by atoms with Crippen LogP contribution in [0, 0.1) is 17.3 Å². The van der Waals surface area contributed by atoms with Gasteiger partial charge in [-0.05, 0) is 243 Å². The van der Waals surface area contributed by atoms with Crippen molar-refractivity contribution in [3.8, 4) is 75.2 Å². The lowest BCUT2D eigenvalue weighted by molar-refractivity contribution is -0.196. The Morgan fingerprint density at radius 1 is 0.387 bits per heavy atom. The lowest BCUT2D eigenvalue weighted by Gasteiger charge is -2.39. The van der Waals surface area contributed by atoms with Crippen LogP contribution in [0.1, 0.15) is 48.5 Å². The first kappa shape index (κ1) is 109. The number of hydrogen-bond donors (Lipinski definition) is 4. The molecule has 0 bridgehead atoms. The van der Waals surface area contributed by atoms with Crippen LogP contribution in [0.4, 0.5) is 17.6 Å². The Kier molecular flexibility index (Phi) is 45.4. The summed E-state index contributed by atoms with van der Waals surface area (Å²) in [6.07, 6.45) is -1.52. The maximum atomic E-state index is 12.3. The number of nitriles is 1. The zero-order valence-corrected chi connectivity index (χ0v) is 86.4. The standard InChI is InChI=1S/C18H15BrF3NO3.C17H19BBrNO3.C17H15BrN2O2.C13H10Br2O.C13H11BrO2.C13H9BrO2.C7H4BrFO.C4H10BNO2/c19-16-8-14(26-13-4-2-1-3-5-13)7-6-12(16)11-25-15-9-23(10-15)17(24)18(20,21)22;1-18(21)20-10-16(11-20)22-12-13-7-8-15(9-17(13)19)23-14-5-3-2-4-6-14;18-17-8-15(22-14-4-2-1-3-5-14)7-6-13(17)11-21-16-9-20(10-16)12-19;14-9-10-6-7-12(8-13(10)15)16-11-4-2-1-3-5-11;2*14-13-8-12(7-6-10(13)9-15)16-11-4-2-1-3-5-11;8-7-3-6(9)2-1-5(7)4-10;1-5(8)6-2-4(7)3-6/h1-8,15H,9-11H2;2-9,16,21H,10-12H2,1H3;1-8,16H,9-11H2;1-8H,9H2;1-8,15H,9H2;1-9H;1-4H;4,7-8H,2-3H2,1H3. The number of ether oxygens (including phenoxy) is 9. The third-order valence-electron chi connectivity index (χ3n) is 20.1. The molecule has 4 aliphatic heterocycles. The summed E-state index contributed by atoms with van der Waals surface area (Å²) in [7, 11) is -0.783. The zero-order chi connectivity index (χ0) is 98.2. The summed E-state index contributed by atoms with van der Waals surface area (Å²) in [6, 6.07) is 95.4. The zero-order valence-electron chi connectivity index (χ0n) is 73.7. The number of aldehydes is 2. The van der Waals surface area contributed by atoms with E-state index in [2.05, 4.69) is 134 Å². The maximum Gasteiger partial charge on any atom is 0.471 e.